The third kappa shape index (κ3) is 9.59. The van der Waals surface area contributed by atoms with Crippen molar-refractivity contribution < 1.29 is 8.42 Å². The molecule has 178 valence electrons. The maximum atomic E-state index is 11.5. The number of halogens is 1. The summed E-state index contributed by atoms with van der Waals surface area (Å²) in [5.41, 5.74) is 0.126. The number of rotatable bonds is 9. The summed E-state index contributed by atoms with van der Waals surface area (Å²) >= 11 is 0. The van der Waals surface area contributed by atoms with Crippen LogP contribution in [0.15, 0.2) is 4.99 Å². The highest BCUT2D eigenvalue weighted by atomic mass is 127. The predicted molar refractivity (Wildman–Crippen MR) is 139 cm³/mol. The van der Waals surface area contributed by atoms with Crippen LogP contribution in [0.2, 0.25) is 0 Å². The molecule has 0 atom stereocenters. The molecule has 0 aromatic rings. The van der Waals surface area contributed by atoms with E-state index in [9.17, 15) is 8.42 Å². The van der Waals surface area contributed by atoms with E-state index in [4.69, 9.17) is 4.99 Å². The summed E-state index contributed by atoms with van der Waals surface area (Å²) in [6.07, 6.45) is 12.5. The number of likely N-dealkylation sites (tertiary alicyclic amines) is 1. The Morgan fingerprint density at radius 2 is 1.63 bits per heavy atom. The van der Waals surface area contributed by atoms with Crippen molar-refractivity contribution in [1.29, 1.82) is 0 Å². The maximum Gasteiger partial charge on any atom is 0.191 e. The number of hydrogen-bond acceptors (Lipinski definition) is 4. The van der Waals surface area contributed by atoms with E-state index in [1.54, 1.807) is 0 Å². The van der Waals surface area contributed by atoms with Crippen LogP contribution in [0.1, 0.15) is 78.6 Å². The van der Waals surface area contributed by atoms with E-state index >= 15 is 0 Å². The number of sulfone groups is 1. The number of nitrogens with zero attached hydrogens (tertiary/aromatic N) is 2. The molecule has 2 aliphatic rings. The largest absolute Gasteiger partial charge is 0.357 e. The molecule has 1 heterocycles. The van der Waals surface area contributed by atoms with Gasteiger partial charge in [0.05, 0.1) is 5.75 Å². The number of nitrogens with one attached hydrogen (secondary N) is 2. The first kappa shape index (κ1) is 27.9. The van der Waals surface area contributed by atoms with Crippen molar-refractivity contribution in [1.82, 2.24) is 15.5 Å². The first-order valence-electron chi connectivity index (χ1n) is 11.6. The molecule has 1 aliphatic heterocycles. The zero-order chi connectivity index (χ0) is 21.4. The molecule has 6 nitrogen and oxygen atoms in total. The second kappa shape index (κ2) is 12.8. The van der Waals surface area contributed by atoms with Gasteiger partial charge in [-0.1, -0.05) is 39.5 Å². The van der Waals surface area contributed by atoms with E-state index in [0.717, 1.165) is 19.0 Å². The van der Waals surface area contributed by atoms with Gasteiger partial charge >= 0.3 is 0 Å². The van der Waals surface area contributed by atoms with E-state index in [0.29, 0.717) is 13.0 Å². The second-order valence-electron chi connectivity index (χ2n) is 9.93. The van der Waals surface area contributed by atoms with Crippen molar-refractivity contribution in [2.24, 2.45) is 10.4 Å². The summed E-state index contributed by atoms with van der Waals surface area (Å²) in [5.74, 6) is 1.08. The Hall–Kier alpha value is -0.0900. The molecule has 2 rings (SSSR count). The number of piperidine rings is 1. The van der Waals surface area contributed by atoms with Gasteiger partial charge in [0.1, 0.15) is 9.84 Å². The summed E-state index contributed by atoms with van der Waals surface area (Å²) in [6, 6.07) is 0. The highest BCUT2D eigenvalue weighted by Gasteiger charge is 2.38. The summed E-state index contributed by atoms with van der Waals surface area (Å²) in [4.78, 5) is 7.58. The topological polar surface area (TPSA) is 73.8 Å². The van der Waals surface area contributed by atoms with Crippen LogP contribution in [0.5, 0.6) is 0 Å². The molecule has 30 heavy (non-hydrogen) atoms. The Morgan fingerprint density at radius 1 is 1.03 bits per heavy atom. The average Bonchev–Trinajstić information content (AvgIpc) is 2.70. The molecule has 0 aromatic carbocycles. The van der Waals surface area contributed by atoms with Crippen LogP contribution in [-0.4, -0.2) is 69.5 Å². The van der Waals surface area contributed by atoms with Crippen molar-refractivity contribution in [3.05, 3.63) is 0 Å². The fraction of sp³-hybridized carbons (Fsp3) is 0.955. The van der Waals surface area contributed by atoms with Crippen LogP contribution in [0, 0.1) is 5.41 Å². The molecular formula is C22H45IN4O2S. The molecule has 8 heteroatoms. The monoisotopic (exact) mass is 556 g/mol. The average molecular weight is 557 g/mol. The lowest BCUT2D eigenvalue weighted by molar-refractivity contribution is 0.0368. The molecule has 0 radical (unpaired) electrons. The fourth-order valence-corrected chi connectivity index (χ4v) is 5.53. The molecule has 2 N–H and O–H groups in total. The van der Waals surface area contributed by atoms with E-state index < -0.39 is 9.84 Å². The van der Waals surface area contributed by atoms with E-state index in [-0.39, 0.29) is 40.7 Å². The smallest absolute Gasteiger partial charge is 0.191 e. The molecule has 0 amide bonds. The van der Waals surface area contributed by atoms with Crippen molar-refractivity contribution in [3.63, 3.8) is 0 Å². The maximum absolute atomic E-state index is 11.5. The van der Waals surface area contributed by atoms with Crippen LogP contribution >= 0.6 is 24.0 Å². The molecular weight excluding hydrogens is 511 g/mol. The molecule has 0 aromatic heterocycles. The van der Waals surface area contributed by atoms with Gasteiger partial charge in [-0.2, -0.15) is 0 Å². The zero-order valence-electron chi connectivity index (χ0n) is 19.6. The van der Waals surface area contributed by atoms with Gasteiger partial charge in [-0.25, -0.2) is 8.42 Å². The van der Waals surface area contributed by atoms with Crippen molar-refractivity contribution in [2.45, 2.75) is 84.1 Å². The van der Waals surface area contributed by atoms with E-state index in [1.165, 1.54) is 70.7 Å². The highest BCUT2D eigenvalue weighted by molar-refractivity contribution is 14.0. The summed E-state index contributed by atoms with van der Waals surface area (Å²) in [5, 5.41) is 7.04. The molecule has 2 fully saturated rings. The SMILES string of the molecule is CCNC(=NCC(C)(C)CCS(C)(=O)=O)NCC1(N2CCCCC2)CCCCC1.I. The quantitative estimate of drug-likeness (QED) is 0.257. The van der Waals surface area contributed by atoms with Gasteiger partial charge in [0.2, 0.25) is 0 Å². The summed E-state index contributed by atoms with van der Waals surface area (Å²) in [7, 11) is -2.94. The normalized spacial score (nSPS) is 21.0. The van der Waals surface area contributed by atoms with Crippen LogP contribution < -0.4 is 10.6 Å². The number of guanidine groups is 1. The molecule has 1 saturated heterocycles. The Balaban J connectivity index is 0.00000450. The third-order valence-corrected chi connectivity index (χ3v) is 7.50. The van der Waals surface area contributed by atoms with Gasteiger partial charge in [-0.05, 0) is 57.5 Å². The first-order valence-corrected chi connectivity index (χ1v) is 13.7. The minimum absolute atomic E-state index is 0. The van der Waals surface area contributed by atoms with Crippen LogP contribution in [0.25, 0.3) is 0 Å². The van der Waals surface area contributed by atoms with Gasteiger partial charge in [0, 0.05) is 31.4 Å². The molecule has 1 aliphatic carbocycles. The standard InChI is InChI=1S/C22H44N4O2S.HI/c1-5-23-20(24-18-21(2,3)14-17-29(4,27)28)25-19-22(12-8-6-9-13-22)26-15-10-7-11-16-26;/h5-19H2,1-4H3,(H2,23,24,25);1H. The highest BCUT2D eigenvalue weighted by Crippen LogP contribution is 2.35. The van der Waals surface area contributed by atoms with Gasteiger partial charge in [0.15, 0.2) is 5.96 Å². The predicted octanol–water partition coefficient (Wildman–Crippen LogP) is 3.81. The van der Waals surface area contributed by atoms with Crippen molar-refractivity contribution in [2.75, 3.05) is 44.7 Å². The lowest BCUT2D eigenvalue weighted by atomic mass is 9.79. The summed E-state index contributed by atoms with van der Waals surface area (Å²) < 4.78 is 23.0. The van der Waals surface area contributed by atoms with Crippen molar-refractivity contribution >= 4 is 39.8 Å². The fourth-order valence-electron chi connectivity index (χ4n) is 4.61. The van der Waals surface area contributed by atoms with Crippen molar-refractivity contribution in [3.8, 4) is 0 Å². The minimum atomic E-state index is -2.94. The number of hydrogen-bond donors (Lipinski definition) is 2. The molecule has 0 bridgehead atoms. The Bertz CT molecular complexity index is 625. The molecule has 1 saturated carbocycles. The lowest BCUT2D eigenvalue weighted by Crippen LogP contribution is -2.59. The summed E-state index contributed by atoms with van der Waals surface area (Å²) in [6.45, 7) is 11.1. The second-order valence-corrected chi connectivity index (χ2v) is 12.2. The van der Waals surface area contributed by atoms with E-state index in [2.05, 4.69) is 36.3 Å². The van der Waals surface area contributed by atoms with Crippen LogP contribution in [-0.2, 0) is 9.84 Å². The van der Waals surface area contributed by atoms with E-state index in [1.807, 2.05) is 0 Å². The van der Waals surface area contributed by atoms with Gasteiger partial charge in [-0.15, -0.1) is 24.0 Å². The Labute approximate surface area is 202 Å². The molecule has 0 spiro atoms. The van der Waals surface area contributed by atoms with Crippen LogP contribution in [0.3, 0.4) is 0 Å². The van der Waals surface area contributed by atoms with Gasteiger partial charge in [-0.3, -0.25) is 9.89 Å². The van der Waals surface area contributed by atoms with Gasteiger partial charge in [0.25, 0.3) is 0 Å². The lowest BCUT2D eigenvalue weighted by Gasteiger charge is -2.48. The van der Waals surface area contributed by atoms with Crippen LogP contribution in [0.4, 0.5) is 0 Å². The first-order chi connectivity index (χ1) is 13.7. The molecule has 0 unspecified atom stereocenters. The Kier molecular flexibility index (Phi) is 11.9. The zero-order valence-corrected chi connectivity index (χ0v) is 22.8. The Morgan fingerprint density at radius 3 is 2.20 bits per heavy atom. The number of aliphatic imine (C=N–C) groups is 1. The third-order valence-electron chi connectivity index (χ3n) is 6.56. The van der Waals surface area contributed by atoms with Gasteiger partial charge < -0.3 is 10.6 Å². The minimum Gasteiger partial charge on any atom is -0.357 e.